The van der Waals surface area contributed by atoms with Gasteiger partial charge in [0.15, 0.2) is 5.75 Å². The average molecular weight is 484 g/mol. The first-order valence-corrected chi connectivity index (χ1v) is 13.5. The van der Waals surface area contributed by atoms with Gasteiger partial charge in [0.1, 0.15) is 30.2 Å². The van der Waals surface area contributed by atoms with Crippen LogP contribution in [-0.2, 0) is 6.54 Å². The molecule has 0 aliphatic heterocycles. The number of hydrogen-bond donors (Lipinski definition) is 2. The number of rotatable bonds is 17. The molecule has 0 saturated heterocycles. The van der Waals surface area contributed by atoms with Gasteiger partial charge in [0, 0.05) is 6.07 Å². The maximum absolute atomic E-state index is 7.66. The predicted molar refractivity (Wildman–Crippen MR) is 141 cm³/mol. The maximum atomic E-state index is 7.66. The van der Waals surface area contributed by atoms with E-state index in [9.17, 15) is 0 Å². The Bertz CT molecular complexity index is 1010. The maximum Gasteiger partial charge on any atom is 0.334 e. The molecule has 0 bridgehead atoms. The third kappa shape index (κ3) is 7.69. The number of para-hydroxylation sites is 1. The second kappa shape index (κ2) is 14.6. The van der Waals surface area contributed by atoms with Crippen molar-refractivity contribution in [3.8, 4) is 11.5 Å². The van der Waals surface area contributed by atoms with Crippen molar-refractivity contribution in [3.05, 3.63) is 42.5 Å². The molecule has 0 atom stereocenters. The number of ether oxygens (including phenoxy) is 2. The number of aryl methyl sites for hydroxylation is 1. The minimum Gasteiger partial charge on any atom is -0.490 e. The molecule has 0 radical (unpaired) electrons. The van der Waals surface area contributed by atoms with Gasteiger partial charge in [-0.25, -0.2) is 10.1 Å². The van der Waals surface area contributed by atoms with Gasteiger partial charge in [-0.1, -0.05) is 57.7 Å². The number of hydrogen-bond acceptors (Lipinski definition) is 6. The van der Waals surface area contributed by atoms with Crippen molar-refractivity contribution < 1.29 is 14.0 Å². The first-order chi connectivity index (χ1) is 16.8. The van der Waals surface area contributed by atoms with Gasteiger partial charge in [-0.2, -0.15) is 5.11 Å². The molecule has 3 aromatic rings. The zero-order chi connectivity index (χ0) is 24.0. The molecule has 34 heavy (non-hydrogen) atoms. The van der Waals surface area contributed by atoms with Crippen LogP contribution in [0, 0.1) is 5.53 Å². The second-order valence-corrected chi connectivity index (χ2v) is 9.55. The number of nitrogens with zero attached hydrogens (tertiary/aromatic N) is 2. The number of nitrogens with one attached hydrogen (secondary N) is 2. The summed E-state index contributed by atoms with van der Waals surface area (Å²) < 4.78 is 15.3. The Morgan fingerprint density at radius 3 is 2.38 bits per heavy atom. The van der Waals surface area contributed by atoms with E-state index in [2.05, 4.69) is 28.8 Å². The van der Waals surface area contributed by atoms with Crippen molar-refractivity contribution in [1.29, 1.82) is 5.53 Å². The Hall–Kier alpha value is -2.67. The van der Waals surface area contributed by atoms with Crippen molar-refractivity contribution >= 4 is 32.4 Å². The fraction of sp³-hybridized carbons (Fsp3) is 0.519. The van der Waals surface area contributed by atoms with Crippen molar-refractivity contribution in [2.24, 2.45) is 5.11 Å². The minimum atomic E-state index is 0.395. The van der Waals surface area contributed by atoms with E-state index >= 15 is 0 Å². The van der Waals surface area contributed by atoms with Gasteiger partial charge in [-0.3, -0.25) is 5.32 Å². The summed E-state index contributed by atoms with van der Waals surface area (Å²) in [4.78, 5) is 0. The summed E-state index contributed by atoms with van der Waals surface area (Å²) in [6.07, 6.45) is 9.86. The SMILES string of the molecule is CCCCCCNc1sc2cc(N=N)c(OCCOc3ccccc3)cc2[n+]1CCCCCC. The molecule has 2 N–H and O–H groups in total. The van der Waals surface area contributed by atoms with E-state index in [1.165, 1.54) is 50.1 Å². The van der Waals surface area contributed by atoms with E-state index in [0.29, 0.717) is 24.7 Å². The molecular weight excluding hydrogens is 444 g/mol. The summed E-state index contributed by atoms with van der Waals surface area (Å²) in [5.74, 6) is 1.46. The molecule has 6 nitrogen and oxygen atoms in total. The highest BCUT2D eigenvalue weighted by Gasteiger charge is 2.20. The van der Waals surface area contributed by atoms with Crippen molar-refractivity contribution in [3.63, 3.8) is 0 Å². The zero-order valence-electron chi connectivity index (χ0n) is 20.6. The molecule has 0 spiro atoms. The highest BCUT2D eigenvalue weighted by Crippen LogP contribution is 2.36. The summed E-state index contributed by atoms with van der Waals surface area (Å²) in [7, 11) is 0. The van der Waals surface area contributed by atoms with E-state index < -0.39 is 0 Å². The van der Waals surface area contributed by atoms with Gasteiger partial charge in [0.2, 0.25) is 0 Å². The molecule has 0 fully saturated rings. The van der Waals surface area contributed by atoms with Crippen LogP contribution in [0.25, 0.3) is 10.2 Å². The van der Waals surface area contributed by atoms with Gasteiger partial charge in [0.05, 0.1) is 17.8 Å². The third-order valence-electron chi connectivity index (χ3n) is 5.80. The largest absolute Gasteiger partial charge is 0.490 e. The average Bonchev–Trinajstić information content (AvgIpc) is 3.20. The lowest BCUT2D eigenvalue weighted by molar-refractivity contribution is -0.654. The number of thiazole rings is 1. The lowest BCUT2D eigenvalue weighted by Crippen LogP contribution is -2.35. The minimum absolute atomic E-state index is 0.395. The number of benzene rings is 2. The number of anilines is 1. The lowest BCUT2D eigenvalue weighted by Gasteiger charge is -2.10. The molecule has 184 valence electrons. The molecule has 0 saturated carbocycles. The normalized spacial score (nSPS) is 11.0. The topological polar surface area (TPSA) is 70.6 Å². The first-order valence-electron chi connectivity index (χ1n) is 12.7. The van der Waals surface area contributed by atoms with Crippen LogP contribution in [0.2, 0.25) is 0 Å². The number of fused-ring (bicyclic) bond motifs is 1. The molecule has 0 amide bonds. The lowest BCUT2D eigenvalue weighted by atomic mass is 10.2. The van der Waals surface area contributed by atoms with Gasteiger partial charge >= 0.3 is 5.13 Å². The monoisotopic (exact) mass is 483 g/mol. The molecule has 1 heterocycles. The van der Waals surface area contributed by atoms with Gasteiger partial charge in [0.25, 0.3) is 0 Å². The Kier molecular flexibility index (Phi) is 11.1. The van der Waals surface area contributed by atoms with Crippen LogP contribution in [0.1, 0.15) is 65.2 Å². The summed E-state index contributed by atoms with van der Waals surface area (Å²) in [6.45, 7) is 7.28. The van der Waals surface area contributed by atoms with E-state index in [1.807, 2.05) is 42.5 Å². The van der Waals surface area contributed by atoms with Crippen LogP contribution in [0.4, 0.5) is 10.8 Å². The van der Waals surface area contributed by atoms with Crippen LogP contribution in [0.15, 0.2) is 47.6 Å². The van der Waals surface area contributed by atoms with Gasteiger partial charge in [-0.05, 0) is 55.2 Å². The second-order valence-electron chi connectivity index (χ2n) is 8.52. The molecular formula is C27H39N4O2S+. The summed E-state index contributed by atoms with van der Waals surface area (Å²) >= 11 is 1.74. The van der Waals surface area contributed by atoms with E-state index in [0.717, 1.165) is 35.5 Å². The summed E-state index contributed by atoms with van der Waals surface area (Å²) in [5.41, 5.74) is 9.36. The molecule has 2 aromatic carbocycles. The predicted octanol–water partition coefficient (Wildman–Crippen LogP) is 7.88. The number of unbranched alkanes of at least 4 members (excludes halogenated alkanes) is 6. The Morgan fingerprint density at radius 1 is 0.912 bits per heavy atom. The first kappa shape index (κ1) is 25.9. The molecule has 0 aliphatic rings. The number of aromatic nitrogens is 1. The highest BCUT2D eigenvalue weighted by molar-refractivity contribution is 7.21. The van der Waals surface area contributed by atoms with Crippen molar-refractivity contribution in [1.82, 2.24) is 0 Å². The van der Waals surface area contributed by atoms with Crippen molar-refractivity contribution in [2.45, 2.75) is 71.8 Å². The fourth-order valence-corrected chi connectivity index (χ4v) is 5.05. The van der Waals surface area contributed by atoms with Crippen LogP contribution < -0.4 is 19.4 Å². The Balaban J connectivity index is 1.73. The van der Waals surface area contributed by atoms with Gasteiger partial charge < -0.3 is 9.47 Å². The quantitative estimate of drug-likeness (QED) is 0.116. The standard InChI is InChI=1S/C27H38N4O2S/c1-3-5-7-12-16-29-27-31(17-13-8-6-4-2)24-21-25(23(30-28)20-26(24)34-27)33-19-18-32-22-14-10-9-11-15-22/h9-11,14-15,20-21,28H,3-8,12-13,16-19H2,1-2H3/p+1. The smallest absolute Gasteiger partial charge is 0.334 e. The van der Waals surface area contributed by atoms with Crippen LogP contribution in [0.5, 0.6) is 11.5 Å². The molecule has 1 aromatic heterocycles. The van der Waals surface area contributed by atoms with E-state index in [4.69, 9.17) is 15.0 Å². The Labute approximate surface area is 207 Å². The molecule has 3 rings (SSSR count). The van der Waals surface area contributed by atoms with Crippen molar-refractivity contribution in [2.75, 3.05) is 25.1 Å². The Morgan fingerprint density at radius 2 is 1.65 bits per heavy atom. The molecule has 0 unspecified atom stereocenters. The van der Waals surface area contributed by atoms with Gasteiger partial charge in [-0.15, -0.1) is 0 Å². The van der Waals surface area contributed by atoms with Crippen LogP contribution >= 0.6 is 11.3 Å². The third-order valence-corrected chi connectivity index (χ3v) is 6.90. The summed E-state index contributed by atoms with van der Waals surface area (Å²) in [6, 6.07) is 13.8. The zero-order valence-corrected chi connectivity index (χ0v) is 21.5. The molecule has 0 aliphatic carbocycles. The highest BCUT2D eigenvalue weighted by atomic mass is 32.1. The van der Waals surface area contributed by atoms with E-state index in [-0.39, 0.29) is 0 Å². The van der Waals surface area contributed by atoms with E-state index in [1.54, 1.807) is 11.3 Å². The van der Waals surface area contributed by atoms with Crippen LogP contribution in [-0.4, -0.2) is 19.8 Å². The molecule has 7 heteroatoms. The summed E-state index contributed by atoms with van der Waals surface area (Å²) in [5, 5.41) is 8.60. The van der Waals surface area contributed by atoms with Crippen LogP contribution in [0.3, 0.4) is 0 Å². The fourth-order valence-electron chi connectivity index (χ4n) is 3.93.